The number of ether oxygens (including phenoxy) is 1. The van der Waals surface area contributed by atoms with Crippen LogP contribution in [0.15, 0.2) is 0 Å². The molecule has 0 saturated heterocycles. The first-order valence-electron chi connectivity index (χ1n) is 2.81. The number of methoxy groups -OCH3 is 1. The number of likely N-dealkylation sites (N-methyl/N-ethyl adjacent to an activating group) is 1. The second-order valence-corrected chi connectivity index (χ2v) is 2.88. The zero-order valence-electron chi connectivity index (χ0n) is 6.42. The van der Waals surface area contributed by atoms with Gasteiger partial charge in [-0.3, -0.25) is 9.28 Å². The summed E-state index contributed by atoms with van der Waals surface area (Å²) in [5.74, 6) is 0. The van der Waals surface area contributed by atoms with Crippen LogP contribution < -0.4 is 0 Å². The van der Waals surface area contributed by atoms with E-state index in [0.717, 1.165) is 6.29 Å². The first-order valence-corrected chi connectivity index (χ1v) is 2.81. The van der Waals surface area contributed by atoms with E-state index in [1.165, 1.54) is 7.11 Å². The van der Waals surface area contributed by atoms with Crippen LogP contribution in [0.5, 0.6) is 0 Å². The number of nitrogens with zero attached hydrogens (tertiary/aromatic N) is 1. The lowest BCUT2D eigenvalue weighted by molar-refractivity contribution is -0.907. The Bertz CT molecular complexity index is 95.7. The molecule has 0 rings (SSSR count). The number of aldehydes is 1. The summed E-state index contributed by atoms with van der Waals surface area (Å²) in [5, 5.41) is 0. The van der Waals surface area contributed by atoms with Gasteiger partial charge in [0.25, 0.3) is 0 Å². The summed E-state index contributed by atoms with van der Waals surface area (Å²) in [6.07, 6.45) is 0.463. The molecule has 3 heteroatoms. The number of quaternary nitrogens is 1. The summed E-state index contributed by atoms with van der Waals surface area (Å²) in [7, 11) is 7.25. The maximum Gasteiger partial charge on any atom is 0.249 e. The van der Waals surface area contributed by atoms with Crippen molar-refractivity contribution in [3.8, 4) is 0 Å². The Balaban J connectivity index is 3.94. The van der Waals surface area contributed by atoms with Gasteiger partial charge >= 0.3 is 0 Å². The molecule has 54 valence electrons. The van der Waals surface area contributed by atoms with Gasteiger partial charge in [0.15, 0.2) is 0 Å². The molecule has 3 nitrogen and oxygen atoms in total. The summed E-state index contributed by atoms with van der Waals surface area (Å²) in [4.78, 5) is 10.2. The molecule has 0 aromatic carbocycles. The molecule has 9 heavy (non-hydrogen) atoms. The molecule has 0 aliphatic rings. The SMILES string of the molecule is COC(C=O)[N+](C)(C)C. The Labute approximate surface area is 55.8 Å². The summed E-state index contributed by atoms with van der Waals surface area (Å²) in [5.41, 5.74) is 0. The van der Waals surface area contributed by atoms with Gasteiger partial charge in [-0.2, -0.15) is 0 Å². The maximum atomic E-state index is 10.2. The summed E-state index contributed by atoms with van der Waals surface area (Å²) < 4.78 is 5.38. The molecule has 0 heterocycles. The molecule has 0 N–H and O–H groups in total. The van der Waals surface area contributed by atoms with Crippen molar-refractivity contribution in [2.75, 3.05) is 28.3 Å². The van der Waals surface area contributed by atoms with E-state index in [4.69, 9.17) is 4.74 Å². The highest BCUT2D eigenvalue weighted by Crippen LogP contribution is 1.98. The van der Waals surface area contributed by atoms with E-state index in [9.17, 15) is 4.79 Å². The minimum atomic E-state index is -0.343. The van der Waals surface area contributed by atoms with E-state index in [1.807, 2.05) is 21.1 Å². The van der Waals surface area contributed by atoms with Crippen LogP contribution in [-0.4, -0.2) is 45.2 Å². The van der Waals surface area contributed by atoms with Crippen LogP contribution in [-0.2, 0) is 9.53 Å². The van der Waals surface area contributed by atoms with Gasteiger partial charge < -0.3 is 4.74 Å². The number of hydrogen-bond acceptors (Lipinski definition) is 2. The van der Waals surface area contributed by atoms with Gasteiger partial charge in [-0.15, -0.1) is 0 Å². The van der Waals surface area contributed by atoms with Crippen molar-refractivity contribution in [2.45, 2.75) is 6.23 Å². The van der Waals surface area contributed by atoms with Gasteiger partial charge in [-0.1, -0.05) is 0 Å². The number of carbonyl (C=O) groups excluding carboxylic acids is 1. The van der Waals surface area contributed by atoms with Crippen LogP contribution in [0.2, 0.25) is 0 Å². The van der Waals surface area contributed by atoms with Crippen molar-refractivity contribution in [1.29, 1.82) is 0 Å². The Hall–Kier alpha value is -0.410. The Morgan fingerprint density at radius 1 is 1.44 bits per heavy atom. The average molecular weight is 132 g/mol. The van der Waals surface area contributed by atoms with Gasteiger partial charge in [0, 0.05) is 7.11 Å². The predicted octanol–water partition coefficient (Wildman–Crippen LogP) is -0.136. The van der Waals surface area contributed by atoms with Gasteiger partial charge in [-0.25, -0.2) is 0 Å². The van der Waals surface area contributed by atoms with Gasteiger partial charge in [0.05, 0.1) is 21.1 Å². The second kappa shape index (κ2) is 2.94. The molecule has 0 radical (unpaired) electrons. The van der Waals surface area contributed by atoms with Crippen LogP contribution in [0, 0.1) is 0 Å². The molecule has 0 aromatic rings. The van der Waals surface area contributed by atoms with Crippen LogP contribution in [0.4, 0.5) is 0 Å². The minimum absolute atomic E-state index is 0.343. The summed E-state index contributed by atoms with van der Waals surface area (Å²) >= 11 is 0. The smallest absolute Gasteiger partial charge is 0.249 e. The second-order valence-electron chi connectivity index (χ2n) is 2.88. The first kappa shape index (κ1) is 8.59. The third kappa shape index (κ3) is 2.58. The molecule has 0 bridgehead atoms. The number of hydrogen-bond donors (Lipinski definition) is 0. The van der Waals surface area contributed by atoms with Crippen molar-refractivity contribution in [2.24, 2.45) is 0 Å². The lowest BCUT2D eigenvalue weighted by Crippen LogP contribution is -2.47. The van der Waals surface area contributed by atoms with E-state index in [0.29, 0.717) is 4.48 Å². The molecule has 0 aliphatic heterocycles. The number of carbonyl (C=O) groups is 1. The fourth-order valence-corrected chi connectivity index (χ4v) is 0.554. The third-order valence-corrected chi connectivity index (χ3v) is 1.12. The van der Waals surface area contributed by atoms with Gasteiger partial charge in [0.1, 0.15) is 0 Å². The summed E-state index contributed by atoms with van der Waals surface area (Å²) in [6.45, 7) is 0. The number of rotatable bonds is 3. The zero-order chi connectivity index (χ0) is 7.49. The topological polar surface area (TPSA) is 26.3 Å². The lowest BCUT2D eigenvalue weighted by atomic mass is 10.5. The molecular weight excluding hydrogens is 118 g/mol. The summed E-state index contributed by atoms with van der Waals surface area (Å²) in [6, 6.07) is 0. The highest BCUT2D eigenvalue weighted by molar-refractivity contribution is 5.53. The standard InChI is InChI=1S/C6H14NO2/c1-7(2,3)6(5-8)9-4/h5-6H,1-4H3/q+1. The molecule has 1 unspecified atom stereocenters. The van der Waals surface area contributed by atoms with Crippen molar-refractivity contribution >= 4 is 6.29 Å². The first-order chi connectivity index (χ1) is 4.02. The molecule has 0 fully saturated rings. The van der Waals surface area contributed by atoms with E-state index < -0.39 is 0 Å². The van der Waals surface area contributed by atoms with E-state index in [2.05, 4.69) is 0 Å². The monoisotopic (exact) mass is 132 g/mol. The van der Waals surface area contributed by atoms with Crippen molar-refractivity contribution in [3.05, 3.63) is 0 Å². The van der Waals surface area contributed by atoms with Crippen LogP contribution in [0.3, 0.4) is 0 Å². The molecule has 0 aromatic heterocycles. The van der Waals surface area contributed by atoms with Crippen molar-refractivity contribution < 1.29 is 14.0 Å². The zero-order valence-corrected chi connectivity index (χ0v) is 6.42. The van der Waals surface area contributed by atoms with Crippen LogP contribution >= 0.6 is 0 Å². The molecule has 0 saturated carbocycles. The Kier molecular flexibility index (Phi) is 2.81. The lowest BCUT2D eigenvalue weighted by Gasteiger charge is -2.28. The molecular formula is C6H14NO2+. The average Bonchev–Trinajstić information content (AvgIpc) is 1.65. The Morgan fingerprint density at radius 2 is 1.89 bits per heavy atom. The van der Waals surface area contributed by atoms with Crippen molar-refractivity contribution in [1.82, 2.24) is 0 Å². The molecule has 0 spiro atoms. The third-order valence-electron chi connectivity index (χ3n) is 1.12. The van der Waals surface area contributed by atoms with E-state index in [-0.39, 0.29) is 6.23 Å². The van der Waals surface area contributed by atoms with Crippen molar-refractivity contribution in [3.63, 3.8) is 0 Å². The van der Waals surface area contributed by atoms with Crippen LogP contribution in [0.1, 0.15) is 0 Å². The van der Waals surface area contributed by atoms with Crippen LogP contribution in [0.25, 0.3) is 0 Å². The maximum absolute atomic E-state index is 10.2. The molecule has 0 aliphatic carbocycles. The quantitative estimate of drug-likeness (QED) is 0.303. The normalized spacial score (nSPS) is 15.1. The van der Waals surface area contributed by atoms with E-state index >= 15 is 0 Å². The van der Waals surface area contributed by atoms with E-state index in [1.54, 1.807) is 0 Å². The van der Waals surface area contributed by atoms with Gasteiger partial charge in [0.2, 0.25) is 12.5 Å². The fraction of sp³-hybridized carbons (Fsp3) is 0.833. The largest absolute Gasteiger partial charge is 0.327 e. The fourth-order valence-electron chi connectivity index (χ4n) is 0.554. The molecule has 1 atom stereocenters. The predicted molar refractivity (Wildman–Crippen MR) is 34.9 cm³/mol. The molecule has 0 amide bonds. The highest BCUT2D eigenvalue weighted by Gasteiger charge is 2.21. The van der Waals surface area contributed by atoms with Gasteiger partial charge in [-0.05, 0) is 0 Å². The highest BCUT2D eigenvalue weighted by atomic mass is 16.5. The Morgan fingerprint density at radius 3 is 1.89 bits per heavy atom. The minimum Gasteiger partial charge on any atom is -0.327 e.